The molecule has 3 rings (SSSR count). The Kier molecular flexibility index (Phi) is 3.56. The molecule has 7 heteroatoms. The molecule has 1 heterocycles. The van der Waals surface area contributed by atoms with E-state index in [4.69, 9.17) is 0 Å². The standard InChI is InChI=1S/C15H18F3NO2S/c1-22(20,21)13-5-12(15(16,17)18)3-2-11(13)4-10-6-14(7-10)8-19-9-14/h2-3,5,10,19H,4,6-9H2,1H3. The summed E-state index contributed by atoms with van der Waals surface area (Å²) in [6.45, 7) is 1.99. The Balaban J connectivity index is 1.84. The third-order valence-electron chi connectivity index (χ3n) is 4.75. The van der Waals surface area contributed by atoms with Crippen LogP contribution in [0.3, 0.4) is 0 Å². The van der Waals surface area contributed by atoms with E-state index in [1.165, 1.54) is 6.07 Å². The molecule has 0 radical (unpaired) electrons. The van der Waals surface area contributed by atoms with Crippen LogP contribution in [0.25, 0.3) is 0 Å². The van der Waals surface area contributed by atoms with E-state index in [1.807, 2.05) is 0 Å². The molecular weight excluding hydrogens is 315 g/mol. The van der Waals surface area contributed by atoms with Crippen LogP contribution in [-0.2, 0) is 22.4 Å². The predicted molar refractivity (Wildman–Crippen MR) is 76.3 cm³/mol. The molecule has 1 saturated heterocycles. The molecule has 0 aromatic heterocycles. The largest absolute Gasteiger partial charge is 0.416 e. The van der Waals surface area contributed by atoms with Gasteiger partial charge in [0.1, 0.15) is 0 Å². The molecule has 0 bridgehead atoms. The summed E-state index contributed by atoms with van der Waals surface area (Å²) >= 11 is 0. The number of sulfone groups is 1. The van der Waals surface area contributed by atoms with Crippen molar-refractivity contribution >= 4 is 9.84 Å². The highest BCUT2D eigenvalue weighted by Crippen LogP contribution is 2.49. The lowest BCUT2D eigenvalue weighted by Crippen LogP contribution is -2.60. The number of nitrogens with one attached hydrogen (secondary N) is 1. The topological polar surface area (TPSA) is 46.2 Å². The Morgan fingerprint density at radius 3 is 2.36 bits per heavy atom. The molecule has 1 aromatic carbocycles. The molecule has 2 fully saturated rings. The minimum Gasteiger partial charge on any atom is -0.316 e. The molecule has 22 heavy (non-hydrogen) atoms. The molecule has 1 N–H and O–H groups in total. The highest BCUT2D eigenvalue weighted by Gasteiger charge is 2.48. The van der Waals surface area contributed by atoms with Crippen LogP contribution >= 0.6 is 0 Å². The summed E-state index contributed by atoms with van der Waals surface area (Å²) in [6.07, 6.45) is -1.00. The van der Waals surface area contributed by atoms with E-state index in [2.05, 4.69) is 5.32 Å². The zero-order valence-electron chi connectivity index (χ0n) is 12.2. The van der Waals surface area contributed by atoms with E-state index in [0.29, 0.717) is 23.3 Å². The van der Waals surface area contributed by atoms with Crippen molar-refractivity contribution in [3.63, 3.8) is 0 Å². The zero-order chi connectivity index (χ0) is 16.2. The van der Waals surface area contributed by atoms with Gasteiger partial charge in [-0.2, -0.15) is 13.2 Å². The predicted octanol–water partition coefficient (Wildman–Crippen LogP) is 2.65. The summed E-state index contributed by atoms with van der Waals surface area (Å²) in [4.78, 5) is -0.185. The number of halogens is 3. The quantitative estimate of drug-likeness (QED) is 0.925. The molecule has 1 aliphatic carbocycles. The van der Waals surface area contributed by atoms with Gasteiger partial charge in [0.25, 0.3) is 0 Å². The summed E-state index contributed by atoms with van der Waals surface area (Å²) < 4.78 is 62.0. The van der Waals surface area contributed by atoms with Gasteiger partial charge in [0.05, 0.1) is 10.5 Å². The summed E-state index contributed by atoms with van der Waals surface area (Å²) in [5.74, 6) is 0.360. The second-order valence-electron chi connectivity index (χ2n) is 6.67. The normalized spacial score (nSPS) is 21.5. The average molecular weight is 333 g/mol. The minimum atomic E-state index is -4.53. The maximum atomic E-state index is 12.8. The fraction of sp³-hybridized carbons (Fsp3) is 0.600. The van der Waals surface area contributed by atoms with Crippen molar-refractivity contribution in [1.82, 2.24) is 5.32 Å². The molecular formula is C15H18F3NO2S. The van der Waals surface area contributed by atoms with Crippen molar-refractivity contribution < 1.29 is 21.6 Å². The van der Waals surface area contributed by atoms with Gasteiger partial charge in [-0.1, -0.05) is 6.07 Å². The summed E-state index contributed by atoms with van der Waals surface area (Å²) in [6, 6.07) is 3.07. The molecule has 3 nitrogen and oxygen atoms in total. The first-order chi connectivity index (χ1) is 10.1. The van der Waals surface area contributed by atoms with Crippen molar-refractivity contribution in [2.24, 2.45) is 11.3 Å². The molecule has 0 amide bonds. The van der Waals surface area contributed by atoms with Gasteiger partial charge < -0.3 is 5.32 Å². The van der Waals surface area contributed by atoms with Crippen LogP contribution in [0, 0.1) is 11.3 Å². The first kappa shape index (κ1) is 15.8. The lowest BCUT2D eigenvalue weighted by molar-refractivity contribution is -0.137. The van der Waals surface area contributed by atoms with Gasteiger partial charge in [-0.25, -0.2) is 8.42 Å². The number of alkyl halides is 3. The molecule has 1 aliphatic heterocycles. The van der Waals surface area contributed by atoms with E-state index in [9.17, 15) is 21.6 Å². The number of benzene rings is 1. The van der Waals surface area contributed by atoms with Crippen molar-refractivity contribution in [2.75, 3.05) is 19.3 Å². The SMILES string of the molecule is CS(=O)(=O)c1cc(C(F)(F)F)ccc1CC1CC2(CNC2)C1. The van der Waals surface area contributed by atoms with Gasteiger partial charge in [0.15, 0.2) is 9.84 Å². The average Bonchev–Trinajstić information content (AvgIpc) is 2.28. The lowest BCUT2D eigenvalue weighted by atomic mass is 9.57. The molecule has 0 atom stereocenters. The Labute approximate surface area is 127 Å². The smallest absolute Gasteiger partial charge is 0.316 e. The van der Waals surface area contributed by atoms with Gasteiger partial charge in [-0.05, 0) is 48.3 Å². The molecule has 2 aliphatic rings. The molecule has 0 unspecified atom stereocenters. The number of hydrogen-bond acceptors (Lipinski definition) is 3. The van der Waals surface area contributed by atoms with E-state index in [0.717, 1.165) is 44.3 Å². The van der Waals surface area contributed by atoms with Crippen molar-refractivity contribution in [3.05, 3.63) is 29.3 Å². The maximum Gasteiger partial charge on any atom is 0.416 e. The van der Waals surface area contributed by atoms with Crippen LogP contribution in [-0.4, -0.2) is 27.8 Å². The van der Waals surface area contributed by atoms with Gasteiger partial charge in [0, 0.05) is 19.3 Å². The fourth-order valence-electron chi connectivity index (χ4n) is 3.63. The van der Waals surface area contributed by atoms with Gasteiger partial charge in [-0.15, -0.1) is 0 Å². The highest BCUT2D eigenvalue weighted by molar-refractivity contribution is 7.90. The zero-order valence-corrected chi connectivity index (χ0v) is 13.0. The van der Waals surface area contributed by atoms with Gasteiger partial charge in [0.2, 0.25) is 0 Å². The van der Waals surface area contributed by atoms with Crippen LogP contribution in [0.5, 0.6) is 0 Å². The first-order valence-corrected chi connectivity index (χ1v) is 9.09. The molecule has 122 valence electrons. The second kappa shape index (κ2) is 4.96. The Morgan fingerprint density at radius 2 is 1.91 bits per heavy atom. The third kappa shape index (κ3) is 2.88. The molecule has 1 aromatic rings. The number of rotatable bonds is 3. The van der Waals surface area contributed by atoms with E-state index < -0.39 is 21.6 Å². The Morgan fingerprint density at radius 1 is 1.27 bits per heavy atom. The molecule has 1 saturated carbocycles. The summed E-state index contributed by atoms with van der Waals surface area (Å²) in [5.41, 5.74) is -0.0467. The van der Waals surface area contributed by atoms with Crippen LogP contribution in [0.4, 0.5) is 13.2 Å². The Hall–Kier alpha value is -1.08. The van der Waals surface area contributed by atoms with E-state index >= 15 is 0 Å². The maximum absolute atomic E-state index is 12.8. The summed E-state index contributed by atoms with van der Waals surface area (Å²) in [5, 5.41) is 3.23. The lowest BCUT2D eigenvalue weighted by Gasteiger charge is -2.54. The second-order valence-corrected chi connectivity index (χ2v) is 8.66. The van der Waals surface area contributed by atoms with Crippen molar-refractivity contribution in [1.29, 1.82) is 0 Å². The van der Waals surface area contributed by atoms with Gasteiger partial charge in [-0.3, -0.25) is 0 Å². The highest BCUT2D eigenvalue weighted by atomic mass is 32.2. The summed E-state index contributed by atoms with van der Waals surface area (Å²) in [7, 11) is -3.68. The van der Waals surface area contributed by atoms with Crippen LogP contribution in [0.15, 0.2) is 23.1 Å². The fourth-order valence-corrected chi connectivity index (χ4v) is 4.60. The van der Waals surface area contributed by atoms with E-state index in [-0.39, 0.29) is 4.90 Å². The van der Waals surface area contributed by atoms with Crippen molar-refractivity contribution in [3.8, 4) is 0 Å². The Bertz CT molecular complexity index is 685. The van der Waals surface area contributed by atoms with Gasteiger partial charge >= 0.3 is 6.18 Å². The third-order valence-corrected chi connectivity index (χ3v) is 5.92. The van der Waals surface area contributed by atoms with Crippen LogP contribution in [0.1, 0.15) is 24.0 Å². The van der Waals surface area contributed by atoms with Crippen LogP contribution in [0.2, 0.25) is 0 Å². The van der Waals surface area contributed by atoms with Crippen molar-refractivity contribution in [2.45, 2.75) is 30.3 Å². The minimum absolute atomic E-state index is 0.185. The molecule has 1 spiro atoms. The first-order valence-electron chi connectivity index (χ1n) is 7.20. The van der Waals surface area contributed by atoms with E-state index in [1.54, 1.807) is 0 Å². The monoisotopic (exact) mass is 333 g/mol. The van der Waals surface area contributed by atoms with Crippen LogP contribution < -0.4 is 5.32 Å². The number of hydrogen-bond donors (Lipinski definition) is 1.